The van der Waals surface area contributed by atoms with Gasteiger partial charge in [0.25, 0.3) is 0 Å². The van der Waals surface area contributed by atoms with E-state index in [1.165, 1.54) is 0 Å². The Bertz CT molecular complexity index is 4350. The first-order chi connectivity index (χ1) is 45.5. The van der Waals surface area contributed by atoms with Gasteiger partial charge >= 0.3 is 41.8 Å². The minimum absolute atomic E-state index is 0. The molecule has 0 spiro atoms. The van der Waals surface area contributed by atoms with Crippen molar-refractivity contribution in [1.82, 2.24) is 19.9 Å². The smallest absolute Gasteiger partial charge is 0.303 e. The lowest BCUT2D eigenvalue weighted by atomic mass is 9.95. The zero-order chi connectivity index (χ0) is 67.4. The molecule has 4 aliphatic heterocycles. The number of halogens is 3. The normalized spacial score (nSPS) is 20.6. The summed E-state index contributed by atoms with van der Waals surface area (Å²) in [7, 11) is 5.85. The summed E-state index contributed by atoms with van der Waals surface area (Å²) >= 11 is 0. The molecule has 25 nitrogen and oxygen atoms in total. The van der Waals surface area contributed by atoms with Crippen molar-refractivity contribution < 1.29 is 171 Å². The first-order valence-corrected chi connectivity index (χ1v) is 30.4. The summed E-state index contributed by atoms with van der Waals surface area (Å²) in [6.45, 7) is 6.32. The molecule has 2 saturated heterocycles. The molecule has 2 N–H and O–H groups in total. The number of rotatable bonds is 17. The Morgan fingerprint density at radius 2 is 0.724 bits per heavy atom. The third-order valence-electron chi connectivity index (χ3n) is 15.8. The van der Waals surface area contributed by atoms with Crippen LogP contribution in [0.15, 0.2) is 122 Å². The lowest BCUT2D eigenvalue weighted by Gasteiger charge is -2.48. The average Bonchev–Trinajstić information content (AvgIpc) is 1.31. The molecule has 10 atom stereocenters. The summed E-state index contributed by atoms with van der Waals surface area (Å²) in [6, 6.07) is 27.1. The third-order valence-corrected chi connectivity index (χ3v) is 15.8. The molecule has 0 radical (unpaired) electrons. The van der Waals surface area contributed by atoms with Gasteiger partial charge < -0.3 is 134 Å². The molecule has 0 unspecified atom stereocenters. The largest absolute Gasteiger partial charge is 1.00 e. The molecule has 8 bridgehead atoms. The Morgan fingerprint density at radius 1 is 0.398 bits per heavy atom. The highest BCUT2D eigenvalue weighted by Gasteiger charge is 2.58. The van der Waals surface area contributed by atoms with E-state index in [9.17, 15) is 33.6 Å². The lowest BCUT2D eigenvalue weighted by Crippen LogP contribution is -3.00. The predicted octanol–water partition coefficient (Wildman–Crippen LogP) is -2.19. The van der Waals surface area contributed by atoms with Gasteiger partial charge in [-0.15, -0.1) is 0 Å². The van der Waals surface area contributed by atoms with Crippen LogP contribution in [-0.2, 0) is 102 Å². The summed E-state index contributed by atoms with van der Waals surface area (Å²) in [5.41, 5.74) is 11.4. The van der Waals surface area contributed by atoms with Crippen LogP contribution >= 0.6 is 0 Å². The quantitative estimate of drug-likeness (QED) is 0.0424. The second-order valence-electron chi connectivity index (χ2n) is 23.0. The van der Waals surface area contributed by atoms with Gasteiger partial charge in [0.1, 0.15) is 58.4 Å². The minimum atomic E-state index is -1.90. The lowest BCUT2D eigenvalue weighted by molar-refractivity contribution is -0.671. The van der Waals surface area contributed by atoms with Crippen molar-refractivity contribution >= 4 is 88.2 Å². The number of hydrogen-bond donors (Lipinski definition) is 2. The van der Waals surface area contributed by atoms with Gasteiger partial charge in [0.05, 0.1) is 22.8 Å². The van der Waals surface area contributed by atoms with E-state index >= 15 is 0 Å². The first-order valence-electron chi connectivity index (χ1n) is 30.4. The van der Waals surface area contributed by atoms with Crippen LogP contribution in [-0.4, -0.2) is 136 Å². The van der Waals surface area contributed by atoms with E-state index in [0.29, 0.717) is 39.2 Å². The number of hydrogen-bond acceptors (Lipinski definition) is 20. The zero-order valence-electron chi connectivity index (χ0n) is 54.8. The number of carbonyl (C=O) groups excluding carboxylic acids is 7. The maximum Gasteiger partial charge on any atom is 0.303 e. The number of aryl methyl sites for hydroxylation is 3. The number of aromatic nitrogens is 7. The highest BCUT2D eigenvalue weighted by Crippen LogP contribution is 2.43. The van der Waals surface area contributed by atoms with Crippen molar-refractivity contribution in [2.24, 2.45) is 21.1 Å². The number of nitrogens with zero attached hydrogens (tertiary/aromatic N) is 5. The molecule has 4 aliphatic rings. The molecule has 10 heterocycles. The van der Waals surface area contributed by atoms with Gasteiger partial charge in [-0.05, 0) is 71.3 Å². The van der Waals surface area contributed by atoms with Gasteiger partial charge in [0.2, 0.25) is 12.4 Å². The SMILES string of the molecule is CC(=O)OC[C@H]1O[C@H](O[C@H]2[C@H](OC(C)=O)[C@@H](OC(C)=O)[C@H](Oc3ccccc3-c3c4nc(c(-c5cc[n+](C)cc5)c5ccc([nH]5)c(-c5cc[n+](C)cc5)c5nc(c(-c6cc[n+](C)cc6)c6ccc3[nH]6)C=C5)C=C4)O[C@@H]2COC(C)=O)[C@H](OC(C)=O)[C@@H](OC(C)=O)[C@@H]1OC(C)=O.[I-].[I-].[I-]. The van der Waals surface area contributed by atoms with Crippen molar-refractivity contribution in [1.29, 1.82) is 0 Å². The fourth-order valence-corrected chi connectivity index (χ4v) is 11.9. The summed E-state index contributed by atoms with van der Waals surface area (Å²) in [5, 5.41) is 0. The minimum Gasteiger partial charge on any atom is -1.00 e. The van der Waals surface area contributed by atoms with E-state index in [2.05, 4.69) is 22.1 Å². The van der Waals surface area contributed by atoms with Gasteiger partial charge in [0, 0.05) is 135 Å². The highest BCUT2D eigenvalue weighted by atomic mass is 127. The zero-order valence-corrected chi connectivity index (χ0v) is 61.2. The third kappa shape index (κ3) is 17.3. The molecule has 28 heteroatoms. The number of aromatic amines is 2. The molecule has 514 valence electrons. The van der Waals surface area contributed by atoms with Crippen LogP contribution in [0.3, 0.4) is 0 Å². The Labute approximate surface area is 614 Å². The number of esters is 7. The number of nitrogens with one attached hydrogen (secondary N) is 2. The molecule has 0 aliphatic carbocycles. The van der Waals surface area contributed by atoms with Crippen LogP contribution in [0.2, 0.25) is 0 Å². The molecular formula is C70H70I3N7O18. The highest BCUT2D eigenvalue weighted by molar-refractivity contribution is 6.00. The number of fused-ring (bicyclic) bond motifs is 8. The van der Waals surface area contributed by atoms with Crippen molar-refractivity contribution in [3.8, 4) is 50.3 Å². The van der Waals surface area contributed by atoms with E-state index in [1.54, 1.807) is 18.2 Å². The maximum absolute atomic E-state index is 13.5. The number of carbonyl (C=O) groups is 7. The maximum atomic E-state index is 13.5. The summed E-state index contributed by atoms with van der Waals surface area (Å²) < 4.78 is 72.5. The van der Waals surface area contributed by atoms with E-state index in [-0.39, 0.29) is 77.7 Å². The topological polar surface area (TPSA) is 290 Å². The Kier molecular flexibility index (Phi) is 25.2. The summed E-state index contributed by atoms with van der Waals surface area (Å²) in [6.07, 6.45) is 2.72. The van der Waals surface area contributed by atoms with Crippen molar-refractivity contribution in [3.05, 3.63) is 145 Å². The van der Waals surface area contributed by atoms with Crippen molar-refractivity contribution in [2.75, 3.05) is 13.2 Å². The molecule has 6 aromatic heterocycles. The van der Waals surface area contributed by atoms with Crippen LogP contribution < -0.4 is 90.4 Å². The van der Waals surface area contributed by atoms with Crippen LogP contribution in [0, 0.1) is 0 Å². The average molecular weight is 1680 g/mol. The second kappa shape index (κ2) is 32.9. The fourth-order valence-electron chi connectivity index (χ4n) is 11.9. The fraction of sp³-hybridized carbons (Fsp3) is 0.314. The molecule has 2 fully saturated rings. The summed E-state index contributed by atoms with van der Waals surface area (Å²) in [4.78, 5) is 109. The Hall–Kier alpha value is -8.57. The van der Waals surface area contributed by atoms with Gasteiger partial charge in [-0.1, -0.05) is 18.2 Å². The molecular weight excluding hydrogens is 1610 g/mol. The van der Waals surface area contributed by atoms with Crippen molar-refractivity contribution in [3.63, 3.8) is 0 Å². The number of ether oxygens (including phenoxy) is 11. The van der Waals surface area contributed by atoms with Gasteiger partial charge in [-0.2, -0.15) is 0 Å². The standard InChI is InChI=1S/C70H69N7O18.3HI/c1-37(78)85-35-57-63(87-39(3)80)65(88-40(4)81)68(91-43(7)84)70(94-57)95-64-58(36-86-38(2)79)93-69(67(90-42(6)83)66(64)89-41(5)82)92-56-14-12-11-13-47(56)62-54-21-19-52(73-54)60(45-25-31-76(9)32-26-45)50-17-15-48(71-50)59(44-23-29-75(8)30-24-44)49-16-18-51(72-49)61(53-20-22-55(62)74-53)46-27-33-77(10)34-28-46;;;/h11-34,57-58,63-70H,35-36H2,1-10H3,(H,71,72,73,74);3*1H/q+2;;;/p-2/t57-,58-,63-,64-,65+,66+,67-,68-,69-,70-;;;/m1.../s1. The van der Waals surface area contributed by atoms with Gasteiger partial charge in [-0.25, -0.2) is 23.7 Å². The number of H-pyrrole nitrogens is 2. The van der Waals surface area contributed by atoms with Crippen LogP contribution in [0.4, 0.5) is 0 Å². The van der Waals surface area contributed by atoms with Gasteiger partial charge in [0.15, 0.2) is 67.9 Å². The summed E-state index contributed by atoms with van der Waals surface area (Å²) in [5.74, 6) is -6.01. The monoisotopic (exact) mass is 1680 g/mol. The molecule has 1 aromatic carbocycles. The Balaban J connectivity index is 0.00000408. The van der Waals surface area contributed by atoms with Crippen molar-refractivity contribution in [2.45, 2.75) is 110 Å². The molecule has 0 amide bonds. The predicted molar refractivity (Wildman–Crippen MR) is 338 cm³/mol. The van der Waals surface area contributed by atoms with E-state index in [1.807, 2.05) is 151 Å². The van der Waals surface area contributed by atoms with Crippen LogP contribution in [0.25, 0.3) is 90.9 Å². The van der Waals surface area contributed by atoms with E-state index in [4.69, 9.17) is 62.1 Å². The Morgan fingerprint density at radius 3 is 1.12 bits per heavy atom. The number of benzene rings is 1. The molecule has 98 heavy (non-hydrogen) atoms. The number of para-hydroxylation sites is 1. The molecule has 0 saturated carbocycles. The number of pyridine rings is 3. The second-order valence-corrected chi connectivity index (χ2v) is 23.0. The van der Waals surface area contributed by atoms with Gasteiger partial charge in [-0.3, -0.25) is 33.6 Å². The van der Waals surface area contributed by atoms with Crippen LogP contribution in [0.5, 0.6) is 5.75 Å². The molecule has 7 aromatic rings. The van der Waals surface area contributed by atoms with E-state index < -0.39 is 116 Å². The van der Waals surface area contributed by atoms with Crippen LogP contribution in [0.1, 0.15) is 71.2 Å². The molecule has 11 rings (SSSR count). The van der Waals surface area contributed by atoms with E-state index in [0.717, 1.165) is 98.6 Å². The first kappa shape index (κ1) is 75.2.